The van der Waals surface area contributed by atoms with Crippen LogP contribution < -0.4 is 5.32 Å². The van der Waals surface area contributed by atoms with Crippen molar-refractivity contribution in [2.45, 2.75) is 43.2 Å². The van der Waals surface area contributed by atoms with Gasteiger partial charge < -0.3 is 14.8 Å². The van der Waals surface area contributed by atoms with Crippen LogP contribution in [0, 0.1) is 0 Å². The van der Waals surface area contributed by atoms with Gasteiger partial charge in [-0.05, 0) is 42.3 Å². The maximum atomic E-state index is 12.9. The Bertz CT molecular complexity index is 1120. The number of benzene rings is 2. The largest absolute Gasteiger partial charge is 0.416 e. The van der Waals surface area contributed by atoms with Gasteiger partial charge in [-0.25, -0.2) is 0 Å². The Morgan fingerprint density at radius 1 is 1.09 bits per heavy atom. The Morgan fingerprint density at radius 3 is 2.49 bits per heavy atom. The fourth-order valence-electron chi connectivity index (χ4n) is 3.43. The van der Waals surface area contributed by atoms with Crippen molar-refractivity contribution < 1.29 is 27.4 Å². The van der Waals surface area contributed by atoms with Gasteiger partial charge in [-0.1, -0.05) is 36.0 Å². The summed E-state index contributed by atoms with van der Waals surface area (Å²) in [5.41, 5.74) is 1.03. The van der Waals surface area contributed by atoms with Gasteiger partial charge in [0, 0.05) is 32.1 Å². The van der Waals surface area contributed by atoms with Gasteiger partial charge >= 0.3 is 6.18 Å². The van der Waals surface area contributed by atoms with E-state index >= 15 is 0 Å². The van der Waals surface area contributed by atoms with E-state index in [2.05, 4.69) is 15.5 Å². The Balaban J connectivity index is 1.59. The second-order valence-corrected chi connectivity index (χ2v) is 8.82. The van der Waals surface area contributed by atoms with Crippen LogP contribution >= 0.6 is 11.8 Å². The minimum Gasteiger partial charge on any atom is -0.383 e. The van der Waals surface area contributed by atoms with Crippen LogP contribution in [0.3, 0.4) is 0 Å². The van der Waals surface area contributed by atoms with Gasteiger partial charge in [0.05, 0.1) is 18.2 Å². The van der Waals surface area contributed by atoms with Gasteiger partial charge in [-0.3, -0.25) is 9.36 Å². The van der Waals surface area contributed by atoms with Crippen LogP contribution in [0.5, 0.6) is 0 Å². The maximum Gasteiger partial charge on any atom is 0.416 e. The summed E-state index contributed by atoms with van der Waals surface area (Å²) in [5.74, 6) is 0.961. The lowest BCUT2D eigenvalue weighted by atomic mass is 10.1. The Kier molecular flexibility index (Phi) is 9.30. The number of hydrogen-bond donors (Lipinski definition) is 1. The molecule has 0 aliphatic carbocycles. The van der Waals surface area contributed by atoms with Gasteiger partial charge in [0.15, 0.2) is 11.0 Å². The van der Waals surface area contributed by atoms with E-state index in [0.717, 1.165) is 22.9 Å². The number of halogens is 3. The van der Waals surface area contributed by atoms with E-state index in [4.69, 9.17) is 9.47 Å². The van der Waals surface area contributed by atoms with Crippen LogP contribution in [0.25, 0.3) is 0 Å². The Hall–Kier alpha value is -2.89. The first-order valence-electron chi connectivity index (χ1n) is 10.8. The first-order chi connectivity index (χ1) is 16.7. The van der Waals surface area contributed by atoms with Crippen molar-refractivity contribution in [3.8, 4) is 0 Å². The van der Waals surface area contributed by atoms with E-state index < -0.39 is 11.7 Å². The number of thioether (sulfide) groups is 1. The molecule has 1 amide bonds. The molecular formula is C24H27F3N4O3S. The minimum atomic E-state index is -4.42. The minimum absolute atomic E-state index is 0.000514. The van der Waals surface area contributed by atoms with Crippen molar-refractivity contribution in [1.82, 2.24) is 20.1 Å². The molecule has 0 aliphatic rings. The normalized spacial score (nSPS) is 12.5. The second kappa shape index (κ2) is 12.2. The highest BCUT2D eigenvalue weighted by Gasteiger charge is 2.30. The Morgan fingerprint density at radius 2 is 1.83 bits per heavy atom. The molecular weight excluding hydrogens is 481 g/mol. The zero-order valence-electron chi connectivity index (χ0n) is 19.6. The fourth-order valence-corrected chi connectivity index (χ4v) is 4.45. The lowest BCUT2D eigenvalue weighted by molar-refractivity contribution is -0.137. The maximum absolute atomic E-state index is 12.9. The average Bonchev–Trinajstić information content (AvgIpc) is 3.24. The summed E-state index contributed by atoms with van der Waals surface area (Å²) in [4.78, 5) is 12.5. The summed E-state index contributed by atoms with van der Waals surface area (Å²) in [6.45, 7) is 2.86. The Labute approximate surface area is 206 Å². The topological polar surface area (TPSA) is 78.3 Å². The molecule has 0 saturated heterocycles. The summed E-state index contributed by atoms with van der Waals surface area (Å²) in [5, 5.41) is 11.9. The van der Waals surface area contributed by atoms with Crippen LogP contribution in [0.1, 0.15) is 45.8 Å². The molecule has 188 valence electrons. The van der Waals surface area contributed by atoms with Gasteiger partial charge in [0.2, 0.25) is 0 Å². The number of carbonyl (C=O) groups excluding carboxylic acids is 1. The molecule has 3 rings (SSSR count). The monoisotopic (exact) mass is 508 g/mol. The highest BCUT2D eigenvalue weighted by molar-refractivity contribution is 7.98. The number of alkyl halides is 3. The van der Waals surface area contributed by atoms with Crippen molar-refractivity contribution in [3.63, 3.8) is 0 Å². The third-order valence-corrected chi connectivity index (χ3v) is 6.16. The average molecular weight is 509 g/mol. The van der Waals surface area contributed by atoms with E-state index in [1.165, 1.54) is 17.8 Å². The highest BCUT2D eigenvalue weighted by atomic mass is 32.2. The lowest BCUT2D eigenvalue weighted by Crippen LogP contribution is -2.23. The predicted molar refractivity (Wildman–Crippen MR) is 126 cm³/mol. The summed E-state index contributed by atoms with van der Waals surface area (Å²) >= 11 is 1.51. The summed E-state index contributed by atoms with van der Waals surface area (Å²) in [7, 11) is 3.24. The van der Waals surface area contributed by atoms with Gasteiger partial charge in [-0.2, -0.15) is 13.2 Å². The number of ether oxygens (including phenoxy) is 2. The summed E-state index contributed by atoms with van der Waals surface area (Å²) in [6, 6.07) is 12.0. The van der Waals surface area contributed by atoms with Crippen molar-refractivity contribution in [2.75, 3.05) is 20.8 Å². The van der Waals surface area contributed by atoms with Crippen LogP contribution in [0.15, 0.2) is 53.7 Å². The SMILES string of the molecule is COCc1nnc(SCc2ccc(C(=O)NCc3cccc(C(F)(F)F)c3)cc2)n1C(C)COC. The molecule has 2 aromatic carbocycles. The number of nitrogens with one attached hydrogen (secondary N) is 1. The molecule has 7 nitrogen and oxygen atoms in total. The van der Waals surface area contributed by atoms with Gasteiger partial charge in [-0.15, -0.1) is 10.2 Å². The summed E-state index contributed by atoms with van der Waals surface area (Å²) in [6.07, 6.45) is -4.42. The molecule has 1 atom stereocenters. The standard InChI is InChI=1S/C24H27F3N4O3S/c1-16(13-33-2)31-21(14-34-3)29-30-23(31)35-15-17-7-9-19(10-8-17)22(32)28-12-18-5-4-6-20(11-18)24(25,26)27/h4-11,16H,12-15H2,1-3H3,(H,28,32). The van der Waals surface area contributed by atoms with Crippen LogP contribution in [-0.2, 0) is 34.6 Å². The lowest BCUT2D eigenvalue weighted by Gasteiger charge is -2.17. The van der Waals surface area contributed by atoms with E-state index in [0.29, 0.717) is 35.9 Å². The molecule has 35 heavy (non-hydrogen) atoms. The smallest absolute Gasteiger partial charge is 0.383 e. The second-order valence-electron chi connectivity index (χ2n) is 7.87. The predicted octanol–water partition coefficient (Wildman–Crippen LogP) is 4.87. The number of aromatic nitrogens is 3. The number of nitrogens with zero attached hydrogens (tertiary/aromatic N) is 3. The number of methoxy groups -OCH3 is 2. The first-order valence-corrected chi connectivity index (χ1v) is 11.8. The molecule has 11 heteroatoms. The molecule has 1 unspecified atom stereocenters. The molecule has 0 aliphatic heterocycles. The molecule has 1 aromatic heterocycles. The molecule has 0 fully saturated rings. The third kappa shape index (κ3) is 7.30. The van der Waals surface area contributed by atoms with Crippen molar-refractivity contribution >= 4 is 17.7 Å². The van der Waals surface area contributed by atoms with E-state index in [1.54, 1.807) is 32.4 Å². The molecule has 1 N–H and O–H groups in total. The van der Waals surface area contributed by atoms with E-state index in [1.807, 2.05) is 23.6 Å². The molecule has 0 saturated carbocycles. The van der Waals surface area contributed by atoms with E-state index in [-0.39, 0.29) is 18.5 Å². The zero-order chi connectivity index (χ0) is 25.4. The molecule has 3 aromatic rings. The fraction of sp³-hybridized carbons (Fsp3) is 0.375. The van der Waals surface area contributed by atoms with Crippen LogP contribution in [0.4, 0.5) is 13.2 Å². The van der Waals surface area contributed by atoms with E-state index in [9.17, 15) is 18.0 Å². The summed E-state index contributed by atoms with van der Waals surface area (Å²) < 4.78 is 51.1. The van der Waals surface area contributed by atoms with Crippen molar-refractivity contribution in [3.05, 3.63) is 76.6 Å². The number of rotatable bonds is 11. The van der Waals surface area contributed by atoms with Crippen LogP contribution in [0.2, 0.25) is 0 Å². The van der Waals surface area contributed by atoms with Crippen LogP contribution in [-0.4, -0.2) is 41.5 Å². The molecule has 1 heterocycles. The van der Waals surface area contributed by atoms with Gasteiger partial charge in [0.25, 0.3) is 5.91 Å². The quantitative estimate of drug-likeness (QED) is 0.372. The first kappa shape index (κ1) is 26.7. The zero-order valence-corrected chi connectivity index (χ0v) is 20.4. The molecule has 0 bridgehead atoms. The third-order valence-electron chi connectivity index (χ3n) is 5.15. The number of amides is 1. The van der Waals surface area contributed by atoms with Crippen molar-refractivity contribution in [2.24, 2.45) is 0 Å². The number of hydrogen-bond acceptors (Lipinski definition) is 6. The highest BCUT2D eigenvalue weighted by Crippen LogP contribution is 2.29. The van der Waals surface area contributed by atoms with Crippen molar-refractivity contribution in [1.29, 1.82) is 0 Å². The van der Waals surface area contributed by atoms with Gasteiger partial charge in [0.1, 0.15) is 6.61 Å². The molecule has 0 spiro atoms. The number of carbonyl (C=O) groups is 1. The molecule has 0 radical (unpaired) electrons.